The minimum absolute atomic E-state index is 0.0615. The van der Waals surface area contributed by atoms with Gasteiger partial charge < -0.3 is 9.80 Å². The van der Waals surface area contributed by atoms with Crippen LogP contribution >= 0.6 is 11.8 Å². The van der Waals surface area contributed by atoms with Crippen molar-refractivity contribution < 1.29 is 9.72 Å². The minimum Gasteiger partial charge on any atom is -0.354 e. The van der Waals surface area contributed by atoms with Gasteiger partial charge in [-0.05, 0) is 25.0 Å². The summed E-state index contributed by atoms with van der Waals surface area (Å²) in [4.78, 5) is 27.5. The van der Waals surface area contributed by atoms with Crippen molar-refractivity contribution in [3.63, 3.8) is 0 Å². The van der Waals surface area contributed by atoms with Crippen LogP contribution in [0.2, 0.25) is 0 Å². The van der Waals surface area contributed by atoms with Crippen molar-refractivity contribution in [2.75, 3.05) is 36.0 Å². The van der Waals surface area contributed by atoms with Crippen LogP contribution in [0.15, 0.2) is 18.2 Å². The zero-order valence-corrected chi connectivity index (χ0v) is 14.0. The third kappa shape index (κ3) is 3.17. The van der Waals surface area contributed by atoms with Crippen LogP contribution in [0.1, 0.15) is 18.4 Å². The first-order valence-electron chi connectivity index (χ1n) is 7.93. The second-order valence-corrected chi connectivity index (χ2v) is 7.09. The summed E-state index contributed by atoms with van der Waals surface area (Å²) in [5, 5.41) is 20.4. The van der Waals surface area contributed by atoms with Crippen molar-refractivity contribution in [2.45, 2.75) is 18.9 Å². The summed E-state index contributed by atoms with van der Waals surface area (Å²) in [6, 6.07) is 6.02. The molecule has 2 saturated heterocycles. The molecule has 1 atom stereocenters. The monoisotopic (exact) mass is 346 g/mol. The van der Waals surface area contributed by atoms with Crippen LogP contribution in [0, 0.1) is 21.4 Å². The highest BCUT2D eigenvalue weighted by molar-refractivity contribution is 7.99. The van der Waals surface area contributed by atoms with Crippen molar-refractivity contribution in [3.8, 4) is 6.07 Å². The minimum atomic E-state index is -0.479. The molecule has 8 heteroatoms. The maximum Gasteiger partial charge on any atom is 0.293 e. The first-order valence-corrected chi connectivity index (χ1v) is 9.09. The van der Waals surface area contributed by atoms with Crippen molar-refractivity contribution in [1.29, 1.82) is 5.26 Å². The van der Waals surface area contributed by atoms with Crippen molar-refractivity contribution in [1.82, 2.24) is 4.90 Å². The van der Waals surface area contributed by atoms with Gasteiger partial charge in [-0.2, -0.15) is 17.0 Å². The summed E-state index contributed by atoms with van der Waals surface area (Å²) in [7, 11) is 0. The molecule has 0 aliphatic carbocycles. The van der Waals surface area contributed by atoms with Crippen LogP contribution in [0.3, 0.4) is 0 Å². The molecule has 1 amide bonds. The second kappa shape index (κ2) is 7.09. The lowest BCUT2D eigenvalue weighted by Gasteiger charge is -2.33. The average Bonchev–Trinajstić information content (AvgIpc) is 3.10. The van der Waals surface area contributed by atoms with Crippen molar-refractivity contribution in [3.05, 3.63) is 33.9 Å². The number of carbonyl (C=O) groups excluding carboxylic acids is 1. The molecule has 1 aromatic carbocycles. The number of thioether (sulfide) groups is 1. The third-order valence-electron chi connectivity index (χ3n) is 4.47. The molecule has 2 aliphatic rings. The normalized spacial score (nSPS) is 20.7. The highest BCUT2D eigenvalue weighted by Crippen LogP contribution is 2.35. The fourth-order valence-corrected chi connectivity index (χ4v) is 4.19. The maximum absolute atomic E-state index is 12.8. The molecular formula is C16H18N4O3S. The molecule has 2 heterocycles. The SMILES string of the molecule is N#Cc1ccc(N2CCCC2C(=O)N2CCSCC2)c([N+](=O)[O-])c1. The first-order chi connectivity index (χ1) is 11.6. The lowest BCUT2D eigenvalue weighted by atomic mass is 10.1. The number of hydrogen-bond acceptors (Lipinski definition) is 6. The topological polar surface area (TPSA) is 90.5 Å². The van der Waals surface area contributed by atoms with Gasteiger partial charge in [-0.25, -0.2) is 0 Å². The smallest absolute Gasteiger partial charge is 0.293 e. The molecule has 0 saturated carbocycles. The molecule has 3 rings (SSSR count). The number of anilines is 1. The van der Waals surface area contributed by atoms with Gasteiger partial charge in [-0.1, -0.05) is 0 Å². The molecule has 2 fully saturated rings. The Bertz CT molecular complexity index is 697. The van der Waals surface area contributed by atoms with Crippen molar-refractivity contribution in [2.24, 2.45) is 0 Å². The molecule has 0 bridgehead atoms. The number of rotatable bonds is 3. The van der Waals surface area contributed by atoms with E-state index in [1.165, 1.54) is 6.07 Å². The number of nitro benzene ring substituents is 1. The number of nitriles is 1. The zero-order chi connectivity index (χ0) is 17.1. The summed E-state index contributed by atoms with van der Waals surface area (Å²) in [5.41, 5.74) is 0.574. The Labute approximate surface area is 144 Å². The quantitative estimate of drug-likeness (QED) is 0.614. The highest BCUT2D eigenvalue weighted by Gasteiger charge is 2.37. The van der Waals surface area contributed by atoms with Gasteiger partial charge in [0, 0.05) is 37.2 Å². The van der Waals surface area contributed by atoms with Gasteiger partial charge in [-0.15, -0.1) is 0 Å². The first kappa shape index (κ1) is 16.6. The Hall–Kier alpha value is -2.27. The molecule has 24 heavy (non-hydrogen) atoms. The maximum atomic E-state index is 12.8. The lowest BCUT2D eigenvalue weighted by molar-refractivity contribution is -0.384. The summed E-state index contributed by atoms with van der Waals surface area (Å²) < 4.78 is 0. The van der Waals surface area contributed by atoms with Crippen LogP contribution in [0.4, 0.5) is 11.4 Å². The Kier molecular flexibility index (Phi) is 4.90. The Morgan fingerprint density at radius 2 is 2.08 bits per heavy atom. The van der Waals surface area contributed by atoms with E-state index in [4.69, 9.17) is 5.26 Å². The number of nitro groups is 1. The largest absolute Gasteiger partial charge is 0.354 e. The molecule has 126 valence electrons. The summed E-state index contributed by atoms with van der Waals surface area (Å²) in [6.45, 7) is 2.10. The summed E-state index contributed by atoms with van der Waals surface area (Å²) in [5.74, 6) is 1.94. The number of hydrogen-bond donors (Lipinski definition) is 0. The molecule has 2 aliphatic heterocycles. The van der Waals surface area contributed by atoms with E-state index in [9.17, 15) is 14.9 Å². The van der Waals surface area contributed by atoms with E-state index < -0.39 is 4.92 Å². The fourth-order valence-electron chi connectivity index (χ4n) is 3.29. The molecule has 0 spiro atoms. The van der Waals surface area contributed by atoms with Crippen LogP contribution in [-0.4, -0.2) is 52.9 Å². The molecule has 1 aromatic rings. The number of nitrogens with zero attached hydrogens (tertiary/aromatic N) is 4. The van der Waals surface area contributed by atoms with Crippen LogP contribution < -0.4 is 4.90 Å². The third-order valence-corrected chi connectivity index (χ3v) is 5.41. The van der Waals surface area contributed by atoms with Gasteiger partial charge in [0.2, 0.25) is 5.91 Å². The van der Waals surface area contributed by atoms with Crippen LogP contribution in [-0.2, 0) is 4.79 Å². The number of benzene rings is 1. The molecule has 7 nitrogen and oxygen atoms in total. The fraction of sp³-hybridized carbons (Fsp3) is 0.500. The van der Waals surface area contributed by atoms with Crippen molar-refractivity contribution >= 4 is 29.0 Å². The zero-order valence-electron chi connectivity index (χ0n) is 13.2. The van der Waals surface area contributed by atoms with E-state index in [-0.39, 0.29) is 23.2 Å². The predicted octanol–water partition coefficient (Wildman–Crippen LogP) is 2.01. The molecule has 0 aromatic heterocycles. The summed E-state index contributed by atoms with van der Waals surface area (Å²) in [6.07, 6.45) is 1.54. The van der Waals surface area contributed by atoms with Gasteiger partial charge >= 0.3 is 0 Å². The van der Waals surface area contributed by atoms with Crippen LogP contribution in [0.5, 0.6) is 0 Å². The Morgan fingerprint density at radius 1 is 1.33 bits per heavy atom. The lowest BCUT2D eigenvalue weighted by Crippen LogP contribution is -2.48. The van der Waals surface area contributed by atoms with Gasteiger partial charge in [-0.3, -0.25) is 14.9 Å². The van der Waals surface area contributed by atoms with Gasteiger partial charge in [0.1, 0.15) is 11.7 Å². The van der Waals surface area contributed by atoms with E-state index in [0.717, 1.165) is 31.0 Å². The number of carbonyl (C=O) groups is 1. The Morgan fingerprint density at radius 3 is 2.75 bits per heavy atom. The van der Waals surface area contributed by atoms with Gasteiger partial charge in [0.25, 0.3) is 5.69 Å². The summed E-state index contributed by atoms with van der Waals surface area (Å²) >= 11 is 1.84. The standard InChI is InChI=1S/C16H18N4O3S/c17-11-12-3-4-13(15(10-12)20(22)23)19-5-1-2-14(19)16(21)18-6-8-24-9-7-18/h3-4,10,14H,1-2,5-9H2. The van der Waals surface area contributed by atoms with E-state index in [1.54, 1.807) is 12.1 Å². The highest BCUT2D eigenvalue weighted by atomic mass is 32.2. The van der Waals surface area contributed by atoms with E-state index in [0.29, 0.717) is 18.7 Å². The molecule has 0 radical (unpaired) electrons. The molecule has 0 N–H and O–H groups in total. The van der Waals surface area contributed by atoms with E-state index in [1.807, 2.05) is 27.6 Å². The van der Waals surface area contributed by atoms with E-state index >= 15 is 0 Å². The molecular weight excluding hydrogens is 328 g/mol. The average molecular weight is 346 g/mol. The Balaban J connectivity index is 1.89. The van der Waals surface area contributed by atoms with Gasteiger partial charge in [0.05, 0.1) is 16.6 Å². The predicted molar refractivity (Wildman–Crippen MR) is 92.1 cm³/mol. The molecule has 1 unspecified atom stereocenters. The van der Waals surface area contributed by atoms with Gasteiger partial charge in [0.15, 0.2) is 0 Å². The number of amides is 1. The second-order valence-electron chi connectivity index (χ2n) is 5.86. The van der Waals surface area contributed by atoms with E-state index in [2.05, 4.69) is 0 Å². The van der Waals surface area contributed by atoms with Crippen LogP contribution in [0.25, 0.3) is 0 Å².